The van der Waals surface area contributed by atoms with Crippen LogP contribution in [0.2, 0.25) is 0 Å². The van der Waals surface area contributed by atoms with Gasteiger partial charge in [-0.2, -0.15) is 0 Å². The summed E-state index contributed by atoms with van der Waals surface area (Å²) < 4.78 is 0. The van der Waals surface area contributed by atoms with Crippen molar-refractivity contribution in [2.45, 2.75) is 27.2 Å². The molecule has 1 saturated heterocycles. The molecule has 2 aromatic heterocycles. The molecule has 0 bridgehead atoms. The van der Waals surface area contributed by atoms with Crippen LogP contribution in [0.1, 0.15) is 35.5 Å². The van der Waals surface area contributed by atoms with Gasteiger partial charge in [0, 0.05) is 18.7 Å². The van der Waals surface area contributed by atoms with Gasteiger partial charge >= 0.3 is 5.97 Å². The highest BCUT2D eigenvalue weighted by Gasteiger charge is 2.28. The van der Waals surface area contributed by atoms with E-state index in [1.54, 1.807) is 0 Å². The van der Waals surface area contributed by atoms with Gasteiger partial charge in [-0.1, -0.05) is 44.2 Å². The fraction of sp³-hybridized carbons (Fsp3) is 0.381. The highest BCUT2D eigenvalue weighted by molar-refractivity contribution is 7.20. The summed E-state index contributed by atoms with van der Waals surface area (Å²) in [6.45, 7) is 8.27. The van der Waals surface area contributed by atoms with E-state index in [1.165, 1.54) is 17.8 Å². The van der Waals surface area contributed by atoms with Crippen LogP contribution in [0.3, 0.4) is 0 Å². The van der Waals surface area contributed by atoms with Crippen molar-refractivity contribution in [3.63, 3.8) is 0 Å². The number of rotatable bonds is 3. The lowest BCUT2D eigenvalue weighted by atomic mass is 9.91. The first-order valence-corrected chi connectivity index (χ1v) is 10.1. The first kappa shape index (κ1) is 17.9. The normalized spacial score (nSPS) is 20.2. The Bertz CT molecular complexity index is 990. The predicted octanol–water partition coefficient (Wildman–Crippen LogP) is 4.85. The molecule has 2 unspecified atom stereocenters. The molecule has 6 heteroatoms. The molecule has 1 fully saturated rings. The van der Waals surface area contributed by atoms with Gasteiger partial charge in [-0.3, -0.25) is 0 Å². The minimum atomic E-state index is -0.900. The van der Waals surface area contributed by atoms with E-state index in [9.17, 15) is 9.90 Å². The second kappa shape index (κ2) is 6.93. The second-order valence-corrected chi connectivity index (χ2v) is 8.63. The van der Waals surface area contributed by atoms with Gasteiger partial charge in [0.15, 0.2) is 5.82 Å². The minimum Gasteiger partial charge on any atom is -0.477 e. The van der Waals surface area contributed by atoms with Gasteiger partial charge in [-0.05, 0) is 30.7 Å². The number of aromatic nitrogens is 2. The number of aromatic carboxylic acids is 1. The number of piperidine rings is 1. The van der Waals surface area contributed by atoms with Crippen molar-refractivity contribution < 1.29 is 9.90 Å². The van der Waals surface area contributed by atoms with Gasteiger partial charge in [0.05, 0.1) is 5.39 Å². The molecule has 27 heavy (non-hydrogen) atoms. The van der Waals surface area contributed by atoms with Gasteiger partial charge in [0.1, 0.15) is 15.5 Å². The molecule has 140 valence electrons. The third-order valence-corrected chi connectivity index (χ3v) is 6.34. The van der Waals surface area contributed by atoms with Crippen molar-refractivity contribution in [3.05, 3.63) is 40.8 Å². The Hall–Kier alpha value is -2.47. The SMILES string of the molecule is Cc1c(C(=O)O)sc2nc(-c3ccccc3)nc(N3CC(C)CC(C)C3)c12. The maximum absolute atomic E-state index is 11.7. The zero-order valence-corrected chi connectivity index (χ0v) is 16.6. The highest BCUT2D eigenvalue weighted by Crippen LogP contribution is 2.38. The van der Waals surface area contributed by atoms with Crippen molar-refractivity contribution in [1.82, 2.24) is 9.97 Å². The summed E-state index contributed by atoms with van der Waals surface area (Å²) in [6, 6.07) is 9.89. The Morgan fingerprint density at radius 1 is 1.15 bits per heavy atom. The van der Waals surface area contributed by atoms with Crippen LogP contribution < -0.4 is 4.90 Å². The molecule has 0 spiro atoms. The largest absolute Gasteiger partial charge is 0.477 e. The Morgan fingerprint density at radius 3 is 2.44 bits per heavy atom. The van der Waals surface area contributed by atoms with Gasteiger partial charge < -0.3 is 10.0 Å². The van der Waals surface area contributed by atoms with Crippen LogP contribution in [0.4, 0.5) is 5.82 Å². The number of carboxylic acid groups (broad SMARTS) is 1. The number of hydrogen-bond donors (Lipinski definition) is 1. The van der Waals surface area contributed by atoms with E-state index in [2.05, 4.69) is 18.7 Å². The number of fused-ring (bicyclic) bond motifs is 1. The summed E-state index contributed by atoms with van der Waals surface area (Å²) in [5, 5.41) is 10.5. The summed E-state index contributed by atoms with van der Waals surface area (Å²) in [4.78, 5) is 24.8. The van der Waals surface area contributed by atoms with E-state index in [4.69, 9.17) is 9.97 Å². The summed E-state index contributed by atoms with van der Waals surface area (Å²) in [5.41, 5.74) is 1.71. The number of thiophene rings is 1. The number of carboxylic acids is 1. The van der Waals surface area contributed by atoms with Crippen molar-refractivity contribution in [2.24, 2.45) is 11.8 Å². The summed E-state index contributed by atoms with van der Waals surface area (Å²) in [5.74, 6) is 1.79. The highest BCUT2D eigenvalue weighted by atomic mass is 32.1. The van der Waals surface area contributed by atoms with Crippen molar-refractivity contribution in [3.8, 4) is 11.4 Å². The van der Waals surface area contributed by atoms with Crippen LogP contribution in [0.15, 0.2) is 30.3 Å². The molecule has 0 radical (unpaired) electrons. The Balaban J connectivity index is 1.95. The van der Waals surface area contributed by atoms with E-state index in [1.807, 2.05) is 37.3 Å². The molecular weight excluding hydrogens is 358 g/mol. The number of hydrogen-bond acceptors (Lipinski definition) is 5. The molecule has 2 atom stereocenters. The lowest BCUT2D eigenvalue weighted by Crippen LogP contribution is -2.39. The first-order chi connectivity index (χ1) is 12.9. The maximum atomic E-state index is 11.7. The van der Waals surface area contributed by atoms with Crippen LogP contribution in [0.25, 0.3) is 21.6 Å². The number of benzene rings is 1. The molecular formula is C21H23N3O2S. The van der Waals surface area contributed by atoms with Crippen molar-refractivity contribution >= 4 is 33.3 Å². The van der Waals surface area contributed by atoms with Crippen LogP contribution in [0, 0.1) is 18.8 Å². The fourth-order valence-electron chi connectivity index (χ4n) is 4.10. The lowest BCUT2D eigenvalue weighted by molar-refractivity contribution is 0.0701. The zero-order valence-electron chi connectivity index (χ0n) is 15.8. The van der Waals surface area contributed by atoms with E-state index in [-0.39, 0.29) is 0 Å². The molecule has 4 rings (SSSR count). The third kappa shape index (κ3) is 3.30. The molecule has 0 amide bonds. The minimum absolute atomic E-state index is 0.351. The molecule has 3 aromatic rings. The molecule has 0 aliphatic carbocycles. The third-order valence-electron chi connectivity index (χ3n) is 5.17. The van der Waals surface area contributed by atoms with Crippen LogP contribution >= 0.6 is 11.3 Å². The molecule has 3 heterocycles. The standard InChI is InChI=1S/C21H23N3O2S/c1-12-9-13(2)11-24(10-12)19-16-14(3)17(21(25)26)27-20(16)23-18(22-19)15-7-5-4-6-8-15/h4-8,12-13H,9-11H2,1-3H3,(H,25,26). The van der Waals surface area contributed by atoms with Crippen molar-refractivity contribution in [2.75, 3.05) is 18.0 Å². The number of anilines is 1. The Kier molecular flexibility index (Phi) is 4.60. The first-order valence-electron chi connectivity index (χ1n) is 9.28. The summed E-state index contributed by atoms with van der Waals surface area (Å²) >= 11 is 1.24. The summed E-state index contributed by atoms with van der Waals surface area (Å²) in [6.07, 6.45) is 1.21. The molecule has 1 aliphatic heterocycles. The zero-order chi connectivity index (χ0) is 19.1. The monoisotopic (exact) mass is 381 g/mol. The fourth-order valence-corrected chi connectivity index (χ4v) is 5.12. The smallest absolute Gasteiger partial charge is 0.346 e. The number of carbonyl (C=O) groups is 1. The van der Waals surface area contributed by atoms with E-state index in [0.29, 0.717) is 22.5 Å². The molecule has 1 aromatic carbocycles. The Labute approximate surface area is 162 Å². The van der Waals surface area contributed by atoms with Crippen LogP contribution in [0.5, 0.6) is 0 Å². The Morgan fingerprint density at radius 2 is 1.81 bits per heavy atom. The lowest BCUT2D eigenvalue weighted by Gasteiger charge is -2.36. The van der Waals surface area contributed by atoms with E-state index < -0.39 is 5.97 Å². The van der Waals surface area contributed by atoms with Gasteiger partial charge in [0.2, 0.25) is 0 Å². The van der Waals surface area contributed by atoms with E-state index in [0.717, 1.165) is 40.3 Å². The topological polar surface area (TPSA) is 66.3 Å². The average Bonchev–Trinajstić information content (AvgIpc) is 2.98. The number of nitrogens with zero attached hydrogens (tertiary/aromatic N) is 3. The predicted molar refractivity (Wildman–Crippen MR) is 110 cm³/mol. The maximum Gasteiger partial charge on any atom is 0.346 e. The van der Waals surface area contributed by atoms with Gasteiger partial charge in [0.25, 0.3) is 0 Å². The molecule has 0 saturated carbocycles. The second-order valence-electron chi connectivity index (χ2n) is 7.63. The quantitative estimate of drug-likeness (QED) is 0.703. The molecule has 1 aliphatic rings. The van der Waals surface area contributed by atoms with Crippen LogP contribution in [-0.4, -0.2) is 34.1 Å². The summed E-state index contributed by atoms with van der Waals surface area (Å²) in [7, 11) is 0. The molecule has 1 N–H and O–H groups in total. The van der Waals surface area contributed by atoms with Crippen molar-refractivity contribution in [1.29, 1.82) is 0 Å². The number of aryl methyl sites for hydroxylation is 1. The van der Waals surface area contributed by atoms with E-state index >= 15 is 0 Å². The molecule has 5 nitrogen and oxygen atoms in total. The average molecular weight is 382 g/mol. The van der Waals surface area contributed by atoms with Gasteiger partial charge in [-0.25, -0.2) is 14.8 Å². The van der Waals surface area contributed by atoms with Crippen LogP contribution in [-0.2, 0) is 0 Å². The van der Waals surface area contributed by atoms with Gasteiger partial charge in [-0.15, -0.1) is 11.3 Å².